The summed E-state index contributed by atoms with van der Waals surface area (Å²) in [6, 6.07) is 0.564. The monoisotopic (exact) mass is 147 g/mol. The van der Waals surface area contributed by atoms with Crippen LogP contribution in [0, 0.1) is 0 Å². The number of hydrogen-bond acceptors (Lipinski definition) is 2. The molecule has 1 fully saturated rings. The highest BCUT2D eigenvalue weighted by Crippen LogP contribution is 1.88. The molecule has 0 unspecified atom stereocenters. The Bertz CT molecular complexity index is 65.1. The summed E-state index contributed by atoms with van der Waals surface area (Å²) in [5.74, 6) is 0. The average Bonchev–Trinajstić information content (AvgIpc) is 1.91. The third-order valence-corrected chi connectivity index (χ3v) is 1.11. The molecule has 1 rings (SSSR count). The van der Waals surface area contributed by atoms with Crippen molar-refractivity contribution < 1.29 is 6.16 Å². The zero-order chi connectivity index (χ0) is 7.82. The molecule has 1 aliphatic rings. The van der Waals surface area contributed by atoms with E-state index in [0.29, 0.717) is 6.04 Å². The summed E-state index contributed by atoms with van der Waals surface area (Å²) in [4.78, 5) is 0. The molecular weight excluding hydrogens is 126 g/mol. The minimum Gasteiger partial charge on any atom is -0.379 e. The summed E-state index contributed by atoms with van der Waals surface area (Å²) in [6.45, 7) is 9.14. The molecule has 64 valence electrons. The first kappa shape index (κ1) is 9.92. The minimum atomic E-state index is 0. The summed E-state index contributed by atoms with van der Waals surface area (Å²) < 4.78 is 5.12. The van der Waals surface area contributed by atoms with Gasteiger partial charge in [-0.1, -0.05) is 20.3 Å². The molecule has 0 bridgehead atoms. The smallest absolute Gasteiger partial charge is 0.0617 e. The molecule has 0 aromatic heterocycles. The van der Waals surface area contributed by atoms with Crippen LogP contribution < -0.4 is 5.32 Å². The van der Waals surface area contributed by atoms with E-state index >= 15 is 0 Å². The van der Waals surface area contributed by atoms with E-state index in [9.17, 15) is 0 Å². The number of ether oxygens (including phenoxy) is 1. The van der Waals surface area contributed by atoms with Gasteiger partial charge >= 0.3 is 0 Å². The molecule has 0 spiro atoms. The van der Waals surface area contributed by atoms with Crippen molar-refractivity contribution in [3.63, 3.8) is 0 Å². The Morgan fingerprint density at radius 1 is 1.60 bits per heavy atom. The van der Waals surface area contributed by atoms with Crippen LogP contribution in [0.4, 0.5) is 0 Å². The lowest BCUT2D eigenvalue weighted by Crippen LogP contribution is -2.38. The fourth-order valence-corrected chi connectivity index (χ4v) is 0.697. The summed E-state index contributed by atoms with van der Waals surface area (Å²) in [5.41, 5.74) is 0. The zero-order valence-electron chi connectivity index (χ0n) is 7.31. The maximum Gasteiger partial charge on any atom is 0.0617 e. The Balaban J connectivity index is 0. The van der Waals surface area contributed by atoms with Gasteiger partial charge in [0, 0.05) is 14.0 Å². The van der Waals surface area contributed by atoms with Crippen LogP contribution >= 0.6 is 0 Å². The number of rotatable bonds is 0. The Morgan fingerprint density at radius 3 is 2.40 bits per heavy atom. The summed E-state index contributed by atoms with van der Waals surface area (Å²) in [5, 5.41) is 3.26. The van der Waals surface area contributed by atoms with Crippen molar-refractivity contribution in [2.24, 2.45) is 0 Å². The zero-order valence-corrected chi connectivity index (χ0v) is 7.31. The lowest BCUT2D eigenvalue weighted by atomic mass is 10.3. The van der Waals surface area contributed by atoms with Crippen molar-refractivity contribution >= 4 is 0 Å². The van der Waals surface area contributed by atoms with Crippen LogP contribution in [0.5, 0.6) is 0 Å². The van der Waals surface area contributed by atoms with Gasteiger partial charge in [-0.25, -0.2) is 0 Å². The number of hydrogen-bond donors (Lipinski definition) is 1. The minimum absolute atomic E-state index is 0. The standard InChI is InChI=1S/C5H11NO.C3H8.H2/c1-5-4-7-3-2-6-5;1-3-2;/h5-6H,2-4H2,1H3;3H2,1-2H3;1H/t5-;;/m1../s1. The Morgan fingerprint density at radius 2 is 2.20 bits per heavy atom. The lowest BCUT2D eigenvalue weighted by Gasteiger charge is -2.19. The van der Waals surface area contributed by atoms with E-state index in [1.807, 2.05) is 0 Å². The molecule has 1 saturated heterocycles. The molecule has 1 aliphatic heterocycles. The highest BCUT2D eigenvalue weighted by molar-refractivity contribution is 4.62. The predicted molar refractivity (Wildman–Crippen MR) is 46.4 cm³/mol. The van der Waals surface area contributed by atoms with Crippen LogP contribution in [0.2, 0.25) is 0 Å². The van der Waals surface area contributed by atoms with Crippen molar-refractivity contribution in [3.8, 4) is 0 Å². The average molecular weight is 147 g/mol. The molecule has 0 aromatic carbocycles. The van der Waals surface area contributed by atoms with E-state index in [-0.39, 0.29) is 1.43 Å². The fraction of sp³-hybridized carbons (Fsp3) is 1.00. The quantitative estimate of drug-likeness (QED) is 0.562. The van der Waals surface area contributed by atoms with Crippen molar-refractivity contribution in [1.29, 1.82) is 0 Å². The van der Waals surface area contributed by atoms with E-state index in [4.69, 9.17) is 4.74 Å². The molecular formula is C8H21NO. The van der Waals surface area contributed by atoms with E-state index in [2.05, 4.69) is 26.1 Å². The van der Waals surface area contributed by atoms with Gasteiger partial charge in [-0.2, -0.15) is 0 Å². The third kappa shape index (κ3) is 6.05. The summed E-state index contributed by atoms with van der Waals surface area (Å²) >= 11 is 0. The van der Waals surface area contributed by atoms with Gasteiger partial charge in [-0.15, -0.1) is 0 Å². The Kier molecular flexibility index (Phi) is 6.98. The highest BCUT2D eigenvalue weighted by atomic mass is 16.5. The topological polar surface area (TPSA) is 21.3 Å². The van der Waals surface area contributed by atoms with Gasteiger partial charge < -0.3 is 10.1 Å². The van der Waals surface area contributed by atoms with Crippen LogP contribution in [0.3, 0.4) is 0 Å². The second-order valence-electron chi connectivity index (χ2n) is 2.64. The van der Waals surface area contributed by atoms with E-state index in [1.54, 1.807) is 0 Å². The van der Waals surface area contributed by atoms with Crippen molar-refractivity contribution in [1.82, 2.24) is 5.32 Å². The van der Waals surface area contributed by atoms with Crippen molar-refractivity contribution in [2.75, 3.05) is 19.8 Å². The first-order valence-electron chi connectivity index (χ1n) is 4.12. The van der Waals surface area contributed by atoms with Gasteiger partial charge in [-0.3, -0.25) is 0 Å². The van der Waals surface area contributed by atoms with E-state index in [0.717, 1.165) is 19.8 Å². The van der Waals surface area contributed by atoms with Gasteiger partial charge in [0.25, 0.3) is 0 Å². The maximum absolute atomic E-state index is 5.12. The van der Waals surface area contributed by atoms with Crippen LogP contribution in [-0.2, 0) is 4.74 Å². The van der Waals surface area contributed by atoms with Gasteiger partial charge in [0.1, 0.15) is 0 Å². The van der Waals surface area contributed by atoms with E-state index in [1.165, 1.54) is 6.42 Å². The highest BCUT2D eigenvalue weighted by Gasteiger charge is 2.04. The summed E-state index contributed by atoms with van der Waals surface area (Å²) in [6.07, 6.45) is 1.25. The second kappa shape index (κ2) is 7.03. The van der Waals surface area contributed by atoms with Crippen molar-refractivity contribution in [3.05, 3.63) is 0 Å². The Hall–Kier alpha value is -0.0800. The normalized spacial score (nSPS) is 24.9. The molecule has 2 heteroatoms. The molecule has 0 radical (unpaired) electrons. The lowest BCUT2D eigenvalue weighted by molar-refractivity contribution is 0.0824. The molecule has 0 aromatic rings. The molecule has 1 atom stereocenters. The molecule has 0 aliphatic carbocycles. The van der Waals surface area contributed by atoms with Crippen LogP contribution in [0.1, 0.15) is 28.6 Å². The third-order valence-electron chi connectivity index (χ3n) is 1.11. The second-order valence-corrected chi connectivity index (χ2v) is 2.64. The van der Waals surface area contributed by atoms with Gasteiger partial charge in [0.05, 0.1) is 13.2 Å². The first-order valence-corrected chi connectivity index (χ1v) is 4.12. The molecule has 10 heavy (non-hydrogen) atoms. The fourth-order valence-electron chi connectivity index (χ4n) is 0.697. The molecule has 2 nitrogen and oxygen atoms in total. The molecule has 0 saturated carbocycles. The van der Waals surface area contributed by atoms with Gasteiger partial charge in [-0.05, 0) is 6.92 Å². The van der Waals surface area contributed by atoms with Crippen LogP contribution in [0.15, 0.2) is 0 Å². The number of morpholine rings is 1. The number of nitrogens with one attached hydrogen (secondary N) is 1. The van der Waals surface area contributed by atoms with Gasteiger partial charge in [0.2, 0.25) is 0 Å². The molecule has 1 N–H and O–H groups in total. The van der Waals surface area contributed by atoms with Crippen LogP contribution in [0.25, 0.3) is 0 Å². The largest absolute Gasteiger partial charge is 0.379 e. The molecule has 0 amide bonds. The predicted octanol–water partition coefficient (Wildman–Crippen LogP) is 1.66. The maximum atomic E-state index is 5.12. The van der Waals surface area contributed by atoms with Gasteiger partial charge in [0.15, 0.2) is 0 Å². The summed E-state index contributed by atoms with van der Waals surface area (Å²) in [7, 11) is 0. The van der Waals surface area contributed by atoms with Crippen LogP contribution in [-0.4, -0.2) is 25.8 Å². The first-order chi connectivity index (χ1) is 4.81. The van der Waals surface area contributed by atoms with E-state index < -0.39 is 0 Å². The SMILES string of the molecule is CCC.C[C@@H]1COCCN1.[HH]. The molecule has 1 heterocycles. The van der Waals surface area contributed by atoms with Crippen molar-refractivity contribution in [2.45, 2.75) is 33.2 Å². The Labute approximate surface area is 65.4 Å².